The van der Waals surface area contributed by atoms with Crippen LogP contribution in [0.3, 0.4) is 0 Å². The molecule has 0 bridgehead atoms. The highest BCUT2D eigenvalue weighted by atomic mass is 16.3. The highest BCUT2D eigenvalue weighted by Crippen LogP contribution is 2.34. The number of aliphatic hydroxyl groups excluding tert-OH is 1. The summed E-state index contributed by atoms with van der Waals surface area (Å²) in [5.74, 6) is -0.390. The number of nitrogens with zero attached hydrogens (tertiary/aromatic N) is 2. The third kappa shape index (κ3) is 3.36. The van der Waals surface area contributed by atoms with Crippen molar-refractivity contribution in [1.29, 1.82) is 0 Å². The summed E-state index contributed by atoms with van der Waals surface area (Å²) in [4.78, 5) is 14.6. The van der Waals surface area contributed by atoms with E-state index < -0.39 is 5.91 Å². The van der Waals surface area contributed by atoms with Crippen molar-refractivity contribution in [2.45, 2.75) is 46.1 Å². The van der Waals surface area contributed by atoms with Gasteiger partial charge in [-0.3, -0.25) is 4.79 Å². The monoisotopic (exact) mass is 355 g/mol. The molecule has 3 N–H and O–H groups in total. The van der Waals surface area contributed by atoms with Gasteiger partial charge >= 0.3 is 0 Å². The topological polar surface area (TPSA) is 71.5 Å². The zero-order valence-electron chi connectivity index (χ0n) is 15.8. The molecule has 5 nitrogen and oxygen atoms in total. The van der Waals surface area contributed by atoms with E-state index in [0.29, 0.717) is 18.5 Å². The molecular formula is C21H29N3O2. The van der Waals surface area contributed by atoms with Crippen LogP contribution in [0.4, 0.5) is 5.69 Å². The Labute approximate surface area is 155 Å². The van der Waals surface area contributed by atoms with Gasteiger partial charge < -0.3 is 20.3 Å². The van der Waals surface area contributed by atoms with Gasteiger partial charge in [-0.2, -0.15) is 0 Å². The average molecular weight is 355 g/mol. The molecular weight excluding hydrogens is 326 g/mol. The van der Waals surface area contributed by atoms with Crippen LogP contribution in [0.15, 0.2) is 24.3 Å². The van der Waals surface area contributed by atoms with Crippen LogP contribution in [0.5, 0.6) is 0 Å². The summed E-state index contributed by atoms with van der Waals surface area (Å²) >= 11 is 0. The lowest BCUT2D eigenvalue weighted by Crippen LogP contribution is -2.17. The number of amides is 1. The number of carbonyl (C=O) groups is 1. The van der Waals surface area contributed by atoms with Crippen molar-refractivity contribution in [2.75, 3.05) is 24.6 Å². The van der Waals surface area contributed by atoms with Crippen LogP contribution in [0.25, 0.3) is 11.1 Å². The second kappa shape index (κ2) is 7.96. The van der Waals surface area contributed by atoms with Gasteiger partial charge in [-0.05, 0) is 50.3 Å². The van der Waals surface area contributed by atoms with Crippen molar-refractivity contribution in [3.63, 3.8) is 0 Å². The third-order valence-corrected chi connectivity index (χ3v) is 5.38. The summed E-state index contributed by atoms with van der Waals surface area (Å²) < 4.78 is 2.14. The molecule has 0 atom stereocenters. The van der Waals surface area contributed by atoms with Gasteiger partial charge in [0.25, 0.3) is 5.91 Å². The van der Waals surface area contributed by atoms with Crippen molar-refractivity contribution < 1.29 is 9.90 Å². The first-order chi connectivity index (χ1) is 12.6. The number of benzene rings is 1. The molecule has 1 aliphatic rings. The summed E-state index contributed by atoms with van der Waals surface area (Å²) in [5, 5.41) is 9.21. The van der Waals surface area contributed by atoms with Gasteiger partial charge in [-0.25, -0.2) is 0 Å². The second-order valence-corrected chi connectivity index (χ2v) is 6.97. The van der Waals surface area contributed by atoms with E-state index in [-0.39, 0.29) is 6.61 Å². The first-order valence-corrected chi connectivity index (χ1v) is 9.56. The molecule has 140 valence electrons. The molecule has 1 amide bonds. The van der Waals surface area contributed by atoms with Gasteiger partial charge in [0, 0.05) is 48.9 Å². The number of aliphatic hydroxyl groups is 1. The highest BCUT2D eigenvalue weighted by Gasteiger charge is 2.24. The lowest BCUT2D eigenvalue weighted by atomic mass is 9.98. The Morgan fingerprint density at radius 3 is 2.38 bits per heavy atom. The van der Waals surface area contributed by atoms with Crippen molar-refractivity contribution in [1.82, 2.24) is 4.57 Å². The van der Waals surface area contributed by atoms with Crippen molar-refractivity contribution >= 4 is 11.6 Å². The van der Waals surface area contributed by atoms with Gasteiger partial charge in [0.2, 0.25) is 0 Å². The van der Waals surface area contributed by atoms with Gasteiger partial charge in [-0.15, -0.1) is 0 Å². The van der Waals surface area contributed by atoms with Gasteiger partial charge in [0.15, 0.2) is 0 Å². The molecule has 26 heavy (non-hydrogen) atoms. The number of carbonyl (C=O) groups excluding carboxylic acids is 1. The van der Waals surface area contributed by atoms with E-state index in [4.69, 9.17) is 5.73 Å². The second-order valence-electron chi connectivity index (χ2n) is 6.97. The summed E-state index contributed by atoms with van der Waals surface area (Å²) in [6.07, 6.45) is 3.97. The molecule has 1 aromatic heterocycles. The Hall–Kier alpha value is -2.27. The van der Waals surface area contributed by atoms with E-state index in [9.17, 15) is 9.90 Å². The Kier molecular flexibility index (Phi) is 5.67. The van der Waals surface area contributed by atoms with Gasteiger partial charge in [-0.1, -0.05) is 19.1 Å². The molecule has 0 radical (unpaired) electrons. The minimum absolute atomic E-state index is 0.131. The van der Waals surface area contributed by atoms with E-state index in [1.54, 1.807) is 0 Å². The summed E-state index contributed by atoms with van der Waals surface area (Å²) in [5.41, 5.74) is 11.6. The summed E-state index contributed by atoms with van der Waals surface area (Å²) in [7, 11) is 0. The molecule has 1 saturated heterocycles. The molecule has 0 saturated carbocycles. The Morgan fingerprint density at radius 2 is 1.85 bits per heavy atom. The minimum Gasteiger partial charge on any atom is -0.396 e. The first-order valence-electron chi connectivity index (χ1n) is 9.56. The highest BCUT2D eigenvalue weighted by molar-refractivity contribution is 6.02. The quantitative estimate of drug-likeness (QED) is 0.802. The zero-order valence-corrected chi connectivity index (χ0v) is 15.8. The lowest BCUT2D eigenvalue weighted by molar-refractivity contribution is 0.1000. The van der Waals surface area contributed by atoms with Crippen molar-refractivity contribution in [2.24, 2.45) is 5.73 Å². The van der Waals surface area contributed by atoms with Crippen LogP contribution < -0.4 is 10.6 Å². The molecule has 1 aromatic carbocycles. The first kappa shape index (κ1) is 18.5. The normalized spacial score (nSPS) is 14.2. The number of aromatic nitrogens is 1. The van der Waals surface area contributed by atoms with Crippen LogP contribution in [-0.2, 0) is 13.0 Å². The molecule has 3 rings (SSSR count). The van der Waals surface area contributed by atoms with Crippen LogP contribution in [-0.4, -0.2) is 35.3 Å². The number of primary amides is 1. The number of nitrogens with two attached hydrogens (primary N) is 1. The fourth-order valence-corrected chi connectivity index (χ4v) is 4.12. The Bertz CT molecular complexity index is 772. The molecule has 1 fully saturated rings. The molecule has 0 aliphatic carbocycles. The SMILES string of the molecule is CCc1c(-c2ccc(N3CCCC3)cc2)c(C(N)=O)c(C)n1CCCO. The maximum atomic E-state index is 12.2. The fourth-order valence-electron chi connectivity index (χ4n) is 4.12. The van der Waals surface area contributed by atoms with E-state index in [1.807, 2.05) is 6.92 Å². The largest absolute Gasteiger partial charge is 0.396 e. The summed E-state index contributed by atoms with van der Waals surface area (Å²) in [6, 6.07) is 8.49. The number of hydrogen-bond donors (Lipinski definition) is 2. The smallest absolute Gasteiger partial charge is 0.251 e. The molecule has 5 heteroatoms. The summed E-state index contributed by atoms with van der Waals surface area (Å²) in [6.45, 7) is 7.09. The zero-order chi connectivity index (χ0) is 18.7. The molecule has 0 unspecified atom stereocenters. The van der Waals surface area contributed by atoms with E-state index in [0.717, 1.165) is 42.0 Å². The molecule has 0 spiro atoms. The van der Waals surface area contributed by atoms with Crippen LogP contribution in [0.1, 0.15) is 47.9 Å². The Morgan fingerprint density at radius 1 is 1.19 bits per heavy atom. The van der Waals surface area contributed by atoms with Crippen molar-refractivity contribution in [3.8, 4) is 11.1 Å². The number of hydrogen-bond acceptors (Lipinski definition) is 3. The average Bonchev–Trinajstić information content (AvgIpc) is 3.26. The predicted octanol–water partition coefficient (Wildman–Crippen LogP) is 3.11. The van der Waals surface area contributed by atoms with Crippen molar-refractivity contribution in [3.05, 3.63) is 41.2 Å². The standard InChI is InChI=1S/C21H29N3O2/c1-3-18-20(19(21(22)26)15(2)24(18)13-6-14-25)16-7-9-17(10-8-16)23-11-4-5-12-23/h7-10,25H,3-6,11-14H2,1-2H3,(H2,22,26). The molecule has 1 aliphatic heterocycles. The maximum absolute atomic E-state index is 12.2. The van der Waals surface area contributed by atoms with Crippen LogP contribution in [0.2, 0.25) is 0 Å². The number of rotatable bonds is 7. The van der Waals surface area contributed by atoms with Gasteiger partial charge in [0.1, 0.15) is 0 Å². The van der Waals surface area contributed by atoms with Gasteiger partial charge in [0.05, 0.1) is 5.56 Å². The van der Waals surface area contributed by atoms with Crippen LogP contribution >= 0.6 is 0 Å². The number of anilines is 1. The fraction of sp³-hybridized carbons (Fsp3) is 0.476. The van der Waals surface area contributed by atoms with Crippen LogP contribution in [0, 0.1) is 6.92 Å². The molecule has 2 heterocycles. The van der Waals surface area contributed by atoms with E-state index >= 15 is 0 Å². The van der Waals surface area contributed by atoms with E-state index in [2.05, 4.69) is 40.7 Å². The Balaban J connectivity index is 2.06. The predicted molar refractivity (Wildman–Crippen MR) is 106 cm³/mol. The lowest BCUT2D eigenvalue weighted by Gasteiger charge is -2.18. The minimum atomic E-state index is -0.390. The van der Waals surface area contributed by atoms with E-state index in [1.165, 1.54) is 18.5 Å². The maximum Gasteiger partial charge on any atom is 0.251 e. The molecule has 2 aromatic rings. The third-order valence-electron chi connectivity index (χ3n) is 5.38.